The van der Waals surface area contributed by atoms with Gasteiger partial charge in [0.25, 0.3) is 0 Å². The lowest BCUT2D eigenvalue weighted by atomic mass is 10.0. The number of rotatable bonds is 6. The summed E-state index contributed by atoms with van der Waals surface area (Å²) in [5, 5.41) is 8.88. The van der Waals surface area contributed by atoms with Gasteiger partial charge in [0.1, 0.15) is 0 Å². The number of benzene rings is 1. The maximum absolute atomic E-state index is 12.3. The Morgan fingerprint density at radius 3 is 2.35 bits per heavy atom. The number of hydrogen-bond acceptors (Lipinski definition) is 3. The van der Waals surface area contributed by atoms with Gasteiger partial charge in [0.15, 0.2) is 0 Å². The molecule has 0 atom stereocenters. The number of carboxylic acid groups (broad SMARTS) is 1. The molecule has 1 aliphatic heterocycles. The van der Waals surface area contributed by atoms with Crippen LogP contribution in [-0.2, 0) is 16.0 Å². The Morgan fingerprint density at radius 1 is 1.22 bits per heavy atom. The standard InChI is InChI=1S/C18H25NO4/c1-13(2)12-23-16-7-9-19(10-8-16)17(20)11-14-3-5-15(6-4-14)18(21)22/h3-6,13,16H,7-12H2,1-2H3,(H,21,22). The fraction of sp³-hybridized carbons (Fsp3) is 0.556. The number of carbonyl (C=O) groups is 2. The van der Waals surface area contributed by atoms with Crippen LogP contribution in [0.4, 0.5) is 0 Å². The quantitative estimate of drug-likeness (QED) is 0.875. The summed E-state index contributed by atoms with van der Waals surface area (Å²) in [5.74, 6) is -0.329. The molecule has 1 aromatic rings. The predicted octanol–water partition coefficient (Wildman–Crippen LogP) is 2.59. The second-order valence-electron chi connectivity index (χ2n) is 6.49. The average molecular weight is 319 g/mol. The minimum Gasteiger partial charge on any atom is -0.478 e. The van der Waals surface area contributed by atoms with E-state index in [1.54, 1.807) is 12.1 Å². The molecule has 2 rings (SSSR count). The highest BCUT2D eigenvalue weighted by Gasteiger charge is 2.23. The number of nitrogens with zero attached hydrogens (tertiary/aromatic N) is 1. The first-order valence-corrected chi connectivity index (χ1v) is 8.17. The van der Waals surface area contributed by atoms with Gasteiger partial charge in [-0.1, -0.05) is 26.0 Å². The minimum atomic E-state index is -0.952. The first-order valence-electron chi connectivity index (χ1n) is 8.17. The maximum Gasteiger partial charge on any atom is 0.335 e. The molecule has 1 aliphatic rings. The Morgan fingerprint density at radius 2 is 1.83 bits per heavy atom. The highest BCUT2D eigenvalue weighted by Crippen LogP contribution is 2.16. The zero-order chi connectivity index (χ0) is 16.8. The summed E-state index contributed by atoms with van der Waals surface area (Å²) in [4.78, 5) is 25.0. The molecule has 1 amide bonds. The molecule has 0 aromatic heterocycles. The summed E-state index contributed by atoms with van der Waals surface area (Å²) >= 11 is 0. The largest absolute Gasteiger partial charge is 0.478 e. The van der Waals surface area contributed by atoms with Gasteiger partial charge in [-0.05, 0) is 36.5 Å². The lowest BCUT2D eigenvalue weighted by Crippen LogP contribution is -2.41. The molecule has 23 heavy (non-hydrogen) atoms. The lowest BCUT2D eigenvalue weighted by Gasteiger charge is -2.32. The molecule has 0 unspecified atom stereocenters. The van der Waals surface area contributed by atoms with E-state index in [0.717, 1.165) is 38.1 Å². The van der Waals surface area contributed by atoms with Crippen molar-refractivity contribution in [2.24, 2.45) is 5.92 Å². The normalized spacial score (nSPS) is 15.9. The molecule has 1 heterocycles. The first-order chi connectivity index (χ1) is 11.0. The van der Waals surface area contributed by atoms with Crippen LogP contribution in [0.25, 0.3) is 0 Å². The van der Waals surface area contributed by atoms with E-state index in [9.17, 15) is 9.59 Å². The second kappa shape index (κ2) is 8.11. The second-order valence-corrected chi connectivity index (χ2v) is 6.49. The van der Waals surface area contributed by atoms with E-state index >= 15 is 0 Å². The monoisotopic (exact) mass is 319 g/mol. The summed E-state index contributed by atoms with van der Waals surface area (Å²) in [7, 11) is 0. The van der Waals surface area contributed by atoms with Gasteiger partial charge in [-0.25, -0.2) is 4.79 Å². The fourth-order valence-electron chi connectivity index (χ4n) is 2.65. The van der Waals surface area contributed by atoms with Crippen LogP contribution in [0.1, 0.15) is 42.6 Å². The average Bonchev–Trinajstić information content (AvgIpc) is 2.54. The summed E-state index contributed by atoms with van der Waals surface area (Å²) in [6, 6.07) is 6.49. The molecular formula is C18H25NO4. The van der Waals surface area contributed by atoms with Crippen molar-refractivity contribution in [2.75, 3.05) is 19.7 Å². The Hall–Kier alpha value is -1.88. The SMILES string of the molecule is CC(C)COC1CCN(C(=O)Cc2ccc(C(=O)O)cc2)CC1. The third-order valence-corrected chi connectivity index (χ3v) is 4.02. The molecule has 0 spiro atoms. The van der Waals surface area contributed by atoms with Crippen molar-refractivity contribution < 1.29 is 19.4 Å². The first kappa shape index (κ1) is 17.5. The highest BCUT2D eigenvalue weighted by atomic mass is 16.5. The Bertz CT molecular complexity index is 530. The van der Waals surface area contributed by atoms with Crippen molar-refractivity contribution >= 4 is 11.9 Å². The van der Waals surface area contributed by atoms with Crippen LogP contribution >= 0.6 is 0 Å². The molecule has 5 heteroatoms. The van der Waals surface area contributed by atoms with Crippen LogP contribution < -0.4 is 0 Å². The minimum absolute atomic E-state index is 0.0929. The fourth-order valence-corrected chi connectivity index (χ4v) is 2.65. The van der Waals surface area contributed by atoms with E-state index in [1.807, 2.05) is 4.90 Å². The number of carboxylic acids is 1. The molecule has 126 valence electrons. The molecule has 5 nitrogen and oxygen atoms in total. The summed E-state index contributed by atoms with van der Waals surface area (Å²) in [5.41, 5.74) is 1.09. The zero-order valence-electron chi connectivity index (χ0n) is 13.8. The molecule has 0 bridgehead atoms. The summed E-state index contributed by atoms with van der Waals surface area (Å²) in [6.07, 6.45) is 2.35. The van der Waals surface area contributed by atoms with Gasteiger partial charge >= 0.3 is 5.97 Å². The number of carbonyl (C=O) groups excluding carboxylic acids is 1. The summed E-state index contributed by atoms with van der Waals surface area (Å²) < 4.78 is 5.83. The number of amides is 1. The van der Waals surface area contributed by atoms with Gasteiger partial charge < -0.3 is 14.7 Å². The van der Waals surface area contributed by atoms with Gasteiger partial charge in [0.2, 0.25) is 5.91 Å². The Kier molecular flexibility index (Phi) is 6.16. The van der Waals surface area contributed by atoms with Gasteiger partial charge in [0, 0.05) is 19.7 Å². The van der Waals surface area contributed by atoms with E-state index in [2.05, 4.69) is 13.8 Å². The van der Waals surface area contributed by atoms with Crippen LogP contribution in [0.5, 0.6) is 0 Å². The van der Waals surface area contributed by atoms with E-state index in [0.29, 0.717) is 12.3 Å². The number of aromatic carboxylic acids is 1. The third-order valence-electron chi connectivity index (χ3n) is 4.02. The van der Waals surface area contributed by atoms with Crippen molar-refractivity contribution in [3.05, 3.63) is 35.4 Å². The summed E-state index contributed by atoms with van der Waals surface area (Å²) in [6.45, 7) is 6.50. The van der Waals surface area contributed by atoms with Crippen LogP contribution in [0, 0.1) is 5.92 Å². The molecule has 0 aliphatic carbocycles. The van der Waals surface area contributed by atoms with Crippen molar-refractivity contribution in [2.45, 2.75) is 39.2 Å². The lowest BCUT2D eigenvalue weighted by molar-refractivity contribution is -0.133. The Balaban J connectivity index is 1.79. The molecule has 1 N–H and O–H groups in total. The zero-order valence-corrected chi connectivity index (χ0v) is 13.8. The van der Waals surface area contributed by atoms with E-state index < -0.39 is 5.97 Å². The van der Waals surface area contributed by atoms with Gasteiger partial charge in [-0.2, -0.15) is 0 Å². The molecule has 0 saturated carbocycles. The van der Waals surface area contributed by atoms with Crippen molar-refractivity contribution in [1.29, 1.82) is 0 Å². The molecular weight excluding hydrogens is 294 g/mol. The van der Waals surface area contributed by atoms with Crippen LogP contribution in [-0.4, -0.2) is 47.7 Å². The topological polar surface area (TPSA) is 66.8 Å². The maximum atomic E-state index is 12.3. The Labute approximate surface area is 137 Å². The number of ether oxygens (including phenoxy) is 1. The van der Waals surface area contributed by atoms with Crippen molar-refractivity contribution in [1.82, 2.24) is 4.90 Å². The molecule has 1 aromatic carbocycles. The van der Waals surface area contributed by atoms with Gasteiger partial charge in [-0.15, -0.1) is 0 Å². The predicted molar refractivity (Wildman–Crippen MR) is 87.5 cm³/mol. The molecule has 0 radical (unpaired) electrons. The van der Waals surface area contributed by atoms with Crippen LogP contribution in [0.3, 0.4) is 0 Å². The van der Waals surface area contributed by atoms with E-state index in [-0.39, 0.29) is 17.6 Å². The highest BCUT2D eigenvalue weighted by molar-refractivity contribution is 5.87. The van der Waals surface area contributed by atoms with Crippen LogP contribution in [0.2, 0.25) is 0 Å². The van der Waals surface area contributed by atoms with Gasteiger partial charge in [0.05, 0.1) is 18.1 Å². The van der Waals surface area contributed by atoms with Crippen LogP contribution in [0.15, 0.2) is 24.3 Å². The van der Waals surface area contributed by atoms with Crippen molar-refractivity contribution in [3.63, 3.8) is 0 Å². The number of piperidine rings is 1. The number of hydrogen-bond donors (Lipinski definition) is 1. The number of likely N-dealkylation sites (tertiary alicyclic amines) is 1. The van der Waals surface area contributed by atoms with Gasteiger partial charge in [-0.3, -0.25) is 4.79 Å². The van der Waals surface area contributed by atoms with E-state index in [4.69, 9.17) is 9.84 Å². The molecule has 1 fully saturated rings. The third kappa shape index (κ3) is 5.36. The van der Waals surface area contributed by atoms with E-state index in [1.165, 1.54) is 12.1 Å². The molecule has 1 saturated heterocycles. The van der Waals surface area contributed by atoms with Crippen molar-refractivity contribution in [3.8, 4) is 0 Å². The smallest absolute Gasteiger partial charge is 0.335 e.